The average Bonchev–Trinajstić information content (AvgIpc) is 2.78. The maximum Gasteiger partial charge on any atom is 0.303 e. The third-order valence-electron chi connectivity index (χ3n) is 4.64. The lowest BCUT2D eigenvalue weighted by Gasteiger charge is -2.44. The average molecular weight is 498 g/mol. The van der Waals surface area contributed by atoms with Crippen LogP contribution in [0.15, 0.2) is 24.3 Å². The molecule has 0 amide bonds. The minimum Gasteiger partial charge on any atom is -0.497 e. The molecule has 194 valence electrons. The molecule has 2 rings (SSSR count). The lowest BCUT2D eigenvalue weighted by atomic mass is 9.98. The first kappa shape index (κ1) is 27.9. The van der Waals surface area contributed by atoms with Crippen LogP contribution < -0.4 is 9.47 Å². The van der Waals surface area contributed by atoms with Crippen molar-refractivity contribution >= 4 is 23.9 Å². The monoisotopic (exact) mass is 498 g/mol. The molecule has 1 aliphatic heterocycles. The third-order valence-corrected chi connectivity index (χ3v) is 4.64. The summed E-state index contributed by atoms with van der Waals surface area (Å²) >= 11 is 0. The molecule has 0 bridgehead atoms. The molecule has 1 aliphatic rings. The van der Waals surface area contributed by atoms with Gasteiger partial charge < -0.3 is 37.9 Å². The number of hydrogen-bond acceptors (Lipinski definition) is 12. The van der Waals surface area contributed by atoms with E-state index in [-0.39, 0.29) is 19.8 Å². The quantitative estimate of drug-likeness (QED) is 0.245. The van der Waals surface area contributed by atoms with Crippen LogP contribution in [0.4, 0.5) is 0 Å². The Morgan fingerprint density at radius 3 is 1.83 bits per heavy atom. The molecule has 0 unspecified atom stereocenters. The first-order valence-electron chi connectivity index (χ1n) is 10.8. The second kappa shape index (κ2) is 13.5. The van der Waals surface area contributed by atoms with Crippen molar-refractivity contribution in [3.05, 3.63) is 24.3 Å². The van der Waals surface area contributed by atoms with Crippen LogP contribution in [-0.4, -0.2) is 81.5 Å². The van der Waals surface area contributed by atoms with Crippen LogP contribution in [0.1, 0.15) is 27.7 Å². The van der Waals surface area contributed by atoms with Gasteiger partial charge in [-0.25, -0.2) is 0 Å². The summed E-state index contributed by atoms with van der Waals surface area (Å²) in [6.07, 6.45) is -6.14. The summed E-state index contributed by atoms with van der Waals surface area (Å²) < 4.78 is 43.3. The molecule has 0 radical (unpaired) electrons. The molecule has 0 spiro atoms. The Bertz CT molecular complexity index is 868. The van der Waals surface area contributed by atoms with Gasteiger partial charge in [0.05, 0.1) is 13.7 Å². The molecule has 5 atom stereocenters. The van der Waals surface area contributed by atoms with Crippen LogP contribution in [0.5, 0.6) is 11.5 Å². The van der Waals surface area contributed by atoms with Crippen molar-refractivity contribution in [3.8, 4) is 11.5 Å². The predicted octanol–water partition coefficient (Wildman–Crippen LogP) is 1.17. The second-order valence-electron chi connectivity index (χ2n) is 7.46. The van der Waals surface area contributed by atoms with Gasteiger partial charge in [-0.2, -0.15) is 0 Å². The maximum absolute atomic E-state index is 11.8. The van der Waals surface area contributed by atoms with Crippen molar-refractivity contribution in [2.75, 3.05) is 26.9 Å². The van der Waals surface area contributed by atoms with Crippen molar-refractivity contribution in [2.45, 2.75) is 58.4 Å². The third kappa shape index (κ3) is 9.06. The molecule has 1 saturated heterocycles. The van der Waals surface area contributed by atoms with Gasteiger partial charge in [0, 0.05) is 27.7 Å². The van der Waals surface area contributed by atoms with E-state index in [0.717, 1.165) is 20.8 Å². The highest BCUT2D eigenvalue weighted by Gasteiger charge is 2.52. The van der Waals surface area contributed by atoms with Crippen LogP contribution >= 0.6 is 0 Å². The van der Waals surface area contributed by atoms with Crippen molar-refractivity contribution in [2.24, 2.45) is 0 Å². The summed E-state index contributed by atoms with van der Waals surface area (Å²) in [6.45, 7) is 4.39. The lowest BCUT2D eigenvalue weighted by Crippen LogP contribution is -2.63. The van der Waals surface area contributed by atoms with Gasteiger partial charge in [0.1, 0.15) is 30.8 Å². The van der Waals surface area contributed by atoms with E-state index in [2.05, 4.69) is 0 Å². The van der Waals surface area contributed by atoms with E-state index in [1.807, 2.05) is 0 Å². The van der Waals surface area contributed by atoms with Gasteiger partial charge >= 0.3 is 23.9 Å². The summed E-state index contributed by atoms with van der Waals surface area (Å²) in [6, 6.07) is 6.89. The Kier molecular flexibility index (Phi) is 10.7. The van der Waals surface area contributed by atoms with E-state index in [9.17, 15) is 19.2 Å². The van der Waals surface area contributed by atoms with Crippen molar-refractivity contribution in [1.82, 2.24) is 0 Å². The van der Waals surface area contributed by atoms with Crippen LogP contribution in [0, 0.1) is 0 Å². The number of ether oxygens (including phenoxy) is 8. The Balaban J connectivity index is 2.18. The zero-order chi connectivity index (χ0) is 26.0. The highest BCUT2D eigenvalue weighted by atomic mass is 16.7. The summed E-state index contributed by atoms with van der Waals surface area (Å²) in [5.41, 5.74) is 0. The number of carbonyl (C=O) groups excluding carboxylic acids is 4. The molecule has 12 heteroatoms. The fourth-order valence-corrected chi connectivity index (χ4v) is 3.32. The highest BCUT2D eigenvalue weighted by Crippen LogP contribution is 2.30. The van der Waals surface area contributed by atoms with Gasteiger partial charge in [0.15, 0.2) is 24.6 Å². The van der Waals surface area contributed by atoms with E-state index in [1.54, 1.807) is 31.4 Å². The molecule has 1 fully saturated rings. The minimum atomic E-state index is -1.29. The van der Waals surface area contributed by atoms with Crippen LogP contribution in [0.2, 0.25) is 0 Å². The Labute approximate surface area is 202 Å². The largest absolute Gasteiger partial charge is 0.497 e. The maximum atomic E-state index is 11.8. The van der Waals surface area contributed by atoms with E-state index < -0.39 is 54.6 Å². The van der Waals surface area contributed by atoms with Crippen molar-refractivity contribution < 1.29 is 57.1 Å². The van der Waals surface area contributed by atoms with Gasteiger partial charge in [-0.1, -0.05) is 0 Å². The summed E-state index contributed by atoms with van der Waals surface area (Å²) in [5, 5.41) is 0. The molecule has 0 saturated carbocycles. The van der Waals surface area contributed by atoms with Crippen molar-refractivity contribution in [1.29, 1.82) is 0 Å². The molecule has 1 heterocycles. The second-order valence-corrected chi connectivity index (χ2v) is 7.46. The molecular formula is C23H30O12. The molecule has 0 aromatic heterocycles. The van der Waals surface area contributed by atoms with Gasteiger partial charge in [0.25, 0.3) is 0 Å². The smallest absolute Gasteiger partial charge is 0.303 e. The molecule has 12 nitrogen and oxygen atoms in total. The van der Waals surface area contributed by atoms with E-state index in [4.69, 9.17) is 37.9 Å². The molecule has 1 aromatic rings. The Hall–Kier alpha value is -3.38. The Morgan fingerprint density at radius 2 is 1.29 bits per heavy atom. The topological polar surface area (TPSA) is 142 Å². The van der Waals surface area contributed by atoms with Crippen LogP contribution in [-0.2, 0) is 47.6 Å². The normalized spacial score (nSPS) is 23.5. The van der Waals surface area contributed by atoms with E-state index in [0.29, 0.717) is 11.5 Å². The molecular weight excluding hydrogens is 468 g/mol. The minimum absolute atomic E-state index is 0.0141. The number of hydrogen-bond donors (Lipinski definition) is 0. The SMILES string of the molecule is COc1ccc(OCCO[C@@H]2O[C@H](COC(C)=O)[C@@H](OC(C)=O)[C@H](OC(C)=O)[C@H]2OC(C)=O)cc1. The highest BCUT2D eigenvalue weighted by molar-refractivity contribution is 5.68. The summed E-state index contributed by atoms with van der Waals surface area (Å²) in [5.74, 6) is -1.51. The number of esters is 4. The van der Waals surface area contributed by atoms with Crippen LogP contribution in [0.25, 0.3) is 0 Å². The zero-order valence-electron chi connectivity index (χ0n) is 20.2. The van der Waals surface area contributed by atoms with Gasteiger partial charge in [0.2, 0.25) is 0 Å². The summed E-state index contributed by atoms with van der Waals surface area (Å²) in [4.78, 5) is 46.7. The predicted molar refractivity (Wildman–Crippen MR) is 116 cm³/mol. The van der Waals surface area contributed by atoms with E-state index >= 15 is 0 Å². The molecule has 1 aromatic carbocycles. The summed E-state index contributed by atoms with van der Waals surface area (Å²) in [7, 11) is 1.55. The van der Waals surface area contributed by atoms with Gasteiger partial charge in [-0.05, 0) is 24.3 Å². The van der Waals surface area contributed by atoms with Gasteiger partial charge in [-0.3, -0.25) is 19.2 Å². The Morgan fingerprint density at radius 1 is 0.743 bits per heavy atom. The first-order valence-corrected chi connectivity index (χ1v) is 10.8. The van der Waals surface area contributed by atoms with Gasteiger partial charge in [-0.15, -0.1) is 0 Å². The molecule has 0 aliphatic carbocycles. The van der Waals surface area contributed by atoms with Crippen LogP contribution in [0.3, 0.4) is 0 Å². The fraction of sp³-hybridized carbons (Fsp3) is 0.565. The number of benzene rings is 1. The van der Waals surface area contributed by atoms with Crippen molar-refractivity contribution in [3.63, 3.8) is 0 Å². The standard InChI is InChI=1S/C23H30O12/c1-13(24)31-12-19-20(32-14(2)25)21(33-15(3)26)22(34-16(4)27)23(35-19)30-11-10-29-18-8-6-17(28-5)7-9-18/h6-9,19-23H,10-12H2,1-5H3/t19-,20-,21+,22-,23-/m1/s1. The fourth-order valence-electron chi connectivity index (χ4n) is 3.32. The lowest BCUT2D eigenvalue weighted by molar-refractivity contribution is -0.308. The number of methoxy groups -OCH3 is 1. The zero-order valence-corrected chi connectivity index (χ0v) is 20.2. The molecule has 35 heavy (non-hydrogen) atoms. The first-order chi connectivity index (χ1) is 16.6. The number of rotatable bonds is 11. The van der Waals surface area contributed by atoms with E-state index in [1.165, 1.54) is 6.92 Å². The molecule has 0 N–H and O–H groups in total. The number of carbonyl (C=O) groups is 4.